The number of thiophene rings is 1. The molecule has 1 aromatic heterocycles. The van der Waals surface area contributed by atoms with E-state index < -0.39 is 0 Å². The molecule has 1 fully saturated rings. The van der Waals surface area contributed by atoms with Crippen LogP contribution in [-0.2, 0) is 0 Å². The number of rotatable bonds is 6. The van der Waals surface area contributed by atoms with Gasteiger partial charge in [-0.05, 0) is 109 Å². The van der Waals surface area contributed by atoms with Crippen LogP contribution >= 0.6 is 11.3 Å². The van der Waals surface area contributed by atoms with Crippen LogP contribution in [0.15, 0.2) is 169 Å². The van der Waals surface area contributed by atoms with E-state index in [4.69, 9.17) is 0 Å². The maximum atomic E-state index is 2.55. The van der Waals surface area contributed by atoms with Gasteiger partial charge in [0, 0.05) is 60.2 Å². The minimum atomic E-state index is 0.164. The van der Waals surface area contributed by atoms with E-state index in [1.165, 1.54) is 54.3 Å². The molecule has 3 heteroatoms. The summed E-state index contributed by atoms with van der Waals surface area (Å²) < 4.78 is 2.67. The molecule has 3 unspecified atom stereocenters. The molecule has 49 heavy (non-hydrogen) atoms. The van der Waals surface area contributed by atoms with Crippen molar-refractivity contribution in [2.45, 2.75) is 40.0 Å². The van der Waals surface area contributed by atoms with Gasteiger partial charge in [-0.15, -0.1) is 11.3 Å². The lowest BCUT2D eigenvalue weighted by atomic mass is 9.62. The van der Waals surface area contributed by atoms with Crippen molar-refractivity contribution >= 4 is 54.3 Å². The van der Waals surface area contributed by atoms with E-state index in [0.29, 0.717) is 11.8 Å². The summed E-state index contributed by atoms with van der Waals surface area (Å²) in [5.74, 6) is 0.872. The van der Waals surface area contributed by atoms with E-state index in [9.17, 15) is 0 Å². The van der Waals surface area contributed by atoms with Gasteiger partial charge in [0.15, 0.2) is 0 Å². The number of fused-ring (bicyclic) bond motifs is 6. The zero-order valence-electron chi connectivity index (χ0n) is 28.5. The molecule has 0 bridgehead atoms. The van der Waals surface area contributed by atoms with Crippen LogP contribution in [0.5, 0.6) is 0 Å². The zero-order valence-corrected chi connectivity index (χ0v) is 29.3. The molecular weight excluding hydrogens is 613 g/mol. The smallest absolute Gasteiger partial charge is 0.0465 e. The summed E-state index contributed by atoms with van der Waals surface area (Å²) >= 11 is 1.87. The molecule has 4 aliphatic rings. The number of nitrogens with zero attached hydrogens (tertiary/aromatic N) is 2. The Morgan fingerprint density at radius 1 is 0.673 bits per heavy atom. The van der Waals surface area contributed by atoms with Gasteiger partial charge in [0.2, 0.25) is 0 Å². The van der Waals surface area contributed by atoms with E-state index in [1.807, 2.05) is 11.3 Å². The first-order valence-electron chi connectivity index (χ1n) is 17.7. The number of hydrogen-bond donors (Lipinski definition) is 0. The summed E-state index contributed by atoms with van der Waals surface area (Å²) in [5, 5.41) is 2.66. The van der Waals surface area contributed by atoms with Crippen LogP contribution in [0.1, 0.15) is 40.0 Å². The van der Waals surface area contributed by atoms with E-state index in [0.717, 1.165) is 19.3 Å². The Bertz CT molecular complexity index is 2260. The summed E-state index contributed by atoms with van der Waals surface area (Å²) in [6.07, 6.45) is 24.4. The minimum absolute atomic E-state index is 0.164. The number of benzene rings is 4. The number of para-hydroxylation sites is 1. The fourth-order valence-corrected chi connectivity index (χ4v) is 10.0. The Kier molecular flexibility index (Phi) is 7.18. The van der Waals surface area contributed by atoms with E-state index in [1.54, 1.807) is 5.57 Å². The van der Waals surface area contributed by atoms with Gasteiger partial charge in [-0.25, -0.2) is 0 Å². The quantitative estimate of drug-likeness (QED) is 0.180. The zero-order chi connectivity index (χ0) is 33.2. The molecule has 2 nitrogen and oxygen atoms in total. The first kappa shape index (κ1) is 30.2. The molecule has 1 saturated carbocycles. The normalized spacial score (nSPS) is 23.5. The second-order valence-electron chi connectivity index (χ2n) is 14.7. The molecular formula is C46H42N2S. The number of allylic oxidation sites excluding steroid dienone is 11. The molecule has 9 rings (SSSR count). The Morgan fingerprint density at radius 2 is 1.37 bits per heavy atom. The van der Waals surface area contributed by atoms with Crippen molar-refractivity contribution in [1.82, 2.24) is 0 Å². The van der Waals surface area contributed by atoms with Crippen molar-refractivity contribution in [3.63, 3.8) is 0 Å². The largest absolute Gasteiger partial charge is 0.314 e. The topological polar surface area (TPSA) is 6.48 Å². The lowest BCUT2D eigenvalue weighted by molar-refractivity contribution is 0.128. The van der Waals surface area contributed by atoms with Gasteiger partial charge in [0.25, 0.3) is 0 Å². The highest BCUT2D eigenvalue weighted by Crippen LogP contribution is 2.66. The third-order valence-electron chi connectivity index (χ3n) is 11.9. The Hall–Kier alpha value is -4.86. The molecule has 5 aromatic rings. The Morgan fingerprint density at radius 3 is 2.16 bits per heavy atom. The van der Waals surface area contributed by atoms with Crippen LogP contribution in [0.25, 0.3) is 20.2 Å². The fourth-order valence-electron chi connectivity index (χ4n) is 8.93. The van der Waals surface area contributed by atoms with Crippen LogP contribution in [-0.4, -0.2) is 0 Å². The summed E-state index contributed by atoms with van der Waals surface area (Å²) in [6, 6.07) is 35.8. The van der Waals surface area contributed by atoms with Crippen LogP contribution in [0.4, 0.5) is 22.7 Å². The fraction of sp³-hybridized carbons (Fsp3) is 0.217. The molecule has 3 atom stereocenters. The maximum absolute atomic E-state index is 2.55. The maximum Gasteiger partial charge on any atom is 0.0465 e. The van der Waals surface area contributed by atoms with Gasteiger partial charge in [-0.2, -0.15) is 0 Å². The molecule has 4 aliphatic carbocycles. The highest BCUT2D eigenvalue weighted by molar-refractivity contribution is 7.25. The van der Waals surface area contributed by atoms with Gasteiger partial charge < -0.3 is 9.80 Å². The molecule has 0 radical (unpaired) electrons. The van der Waals surface area contributed by atoms with Crippen molar-refractivity contribution < 1.29 is 0 Å². The van der Waals surface area contributed by atoms with Gasteiger partial charge in [0.05, 0.1) is 0 Å². The third-order valence-corrected chi connectivity index (χ3v) is 13.1. The second kappa shape index (κ2) is 11.6. The Balaban J connectivity index is 1.13. The molecule has 0 N–H and O–H groups in total. The van der Waals surface area contributed by atoms with E-state index in [-0.39, 0.29) is 10.8 Å². The second-order valence-corrected chi connectivity index (χ2v) is 15.8. The van der Waals surface area contributed by atoms with Gasteiger partial charge in [-0.1, -0.05) is 105 Å². The van der Waals surface area contributed by atoms with Gasteiger partial charge in [-0.3, -0.25) is 0 Å². The summed E-state index contributed by atoms with van der Waals surface area (Å²) in [7, 11) is 0. The van der Waals surface area contributed by atoms with Crippen molar-refractivity contribution in [2.75, 3.05) is 9.80 Å². The molecule has 0 amide bonds. The first-order valence-corrected chi connectivity index (χ1v) is 18.5. The Labute approximate surface area is 294 Å². The van der Waals surface area contributed by atoms with Crippen LogP contribution in [0, 0.1) is 22.7 Å². The van der Waals surface area contributed by atoms with E-state index in [2.05, 4.69) is 182 Å². The molecule has 0 spiro atoms. The van der Waals surface area contributed by atoms with Crippen LogP contribution in [0.2, 0.25) is 0 Å². The summed E-state index contributed by atoms with van der Waals surface area (Å²) in [5.41, 5.74) is 9.20. The van der Waals surface area contributed by atoms with Crippen molar-refractivity contribution in [3.8, 4) is 0 Å². The highest BCUT2D eigenvalue weighted by atomic mass is 32.1. The number of hydrogen-bond acceptors (Lipinski definition) is 3. The SMILES string of the molecule is CC12CC=CC=C1C1C=C(N(c3ccccc3)c3ccc(N(C4=CC=CCC4)c4ccc5sc6ccccc6c5c4)cc3)C=CC1C2(C)C. The average molecular weight is 655 g/mol. The van der Waals surface area contributed by atoms with Gasteiger partial charge >= 0.3 is 0 Å². The monoisotopic (exact) mass is 654 g/mol. The number of anilines is 4. The predicted octanol–water partition coefficient (Wildman–Crippen LogP) is 13.2. The third kappa shape index (κ3) is 4.82. The standard InChI is InChI=1S/C46H42N2S/c1-45(2)41-27-25-36(31-40(41)42-19-12-13-29-46(42,45)3)47(32-14-6-4-7-15-32)34-21-23-35(24-22-34)48(33-16-8-5-9-17-33)37-26-28-44-39(30-37)38-18-10-11-20-43(38)49-44/h4-8,10-16,18-28,30-31,40-41H,9,17,29H2,1-3H3. The highest BCUT2D eigenvalue weighted by Gasteiger charge is 2.58. The van der Waals surface area contributed by atoms with Crippen LogP contribution < -0.4 is 9.80 Å². The van der Waals surface area contributed by atoms with Gasteiger partial charge in [0.1, 0.15) is 0 Å². The predicted molar refractivity (Wildman–Crippen MR) is 211 cm³/mol. The molecule has 0 saturated heterocycles. The average Bonchev–Trinajstić information content (AvgIpc) is 3.59. The molecule has 242 valence electrons. The van der Waals surface area contributed by atoms with Crippen molar-refractivity contribution in [3.05, 3.63) is 169 Å². The lowest BCUT2D eigenvalue weighted by Gasteiger charge is -2.42. The lowest BCUT2D eigenvalue weighted by Crippen LogP contribution is -2.35. The van der Waals surface area contributed by atoms with Crippen molar-refractivity contribution in [2.24, 2.45) is 22.7 Å². The first-order chi connectivity index (χ1) is 23.9. The molecule has 1 heterocycles. The van der Waals surface area contributed by atoms with Crippen molar-refractivity contribution in [1.29, 1.82) is 0 Å². The van der Waals surface area contributed by atoms with Crippen LogP contribution in [0.3, 0.4) is 0 Å². The van der Waals surface area contributed by atoms with E-state index >= 15 is 0 Å². The summed E-state index contributed by atoms with van der Waals surface area (Å²) in [6.45, 7) is 7.43. The molecule has 0 aliphatic heterocycles. The summed E-state index contributed by atoms with van der Waals surface area (Å²) in [4.78, 5) is 4.90. The minimum Gasteiger partial charge on any atom is -0.314 e. The molecule has 4 aromatic carbocycles.